The number of nitrogens with zero attached hydrogens (tertiary/aromatic N) is 3. The molecular formula is C22H32N4O2. The Labute approximate surface area is 167 Å². The van der Waals surface area contributed by atoms with Gasteiger partial charge in [0.1, 0.15) is 0 Å². The van der Waals surface area contributed by atoms with Crippen LogP contribution in [0.2, 0.25) is 0 Å². The Bertz CT molecular complexity index is 820. The predicted octanol–water partition coefficient (Wildman–Crippen LogP) is 3.36. The number of hydrogen-bond acceptors (Lipinski definition) is 3. The quantitative estimate of drug-likeness (QED) is 0.759. The molecule has 1 N–H and O–H groups in total. The fourth-order valence-electron chi connectivity index (χ4n) is 3.12. The lowest BCUT2D eigenvalue weighted by Gasteiger charge is -2.11. The molecule has 0 aliphatic rings. The number of benzene rings is 1. The highest BCUT2D eigenvalue weighted by atomic mass is 16.2. The lowest BCUT2D eigenvalue weighted by atomic mass is 10.1. The first-order valence-corrected chi connectivity index (χ1v) is 9.79. The highest BCUT2D eigenvalue weighted by Crippen LogP contribution is 2.17. The summed E-state index contributed by atoms with van der Waals surface area (Å²) in [6.07, 6.45) is 1.45. The van der Waals surface area contributed by atoms with E-state index in [9.17, 15) is 9.59 Å². The number of amides is 2. The second kappa shape index (κ2) is 9.53. The number of carbonyl (C=O) groups is 2. The SMILES string of the molecule is Cc1nn(CC(C)C)c(C)c1CCC(=O)Nc1ccc(CC(=O)N(C)C)cc1. The fraction of sp³-hybridized carbons (Fsp3) is 0.500. The number of anilines is 1. The standard InChI is InChI=1S/C22H32N4O2/c1-15(2)14-26-17(4)20(16(3)24-26)11-12-21(27)23-19-9-7-18(8-10-19)13-22(28)25(5)6/h7-10,15H,11-14H2,1-6H3,(H,23,27). The van der Waals surface area contributed by atoms with Crippen molar-refractivity contribution in [3.8, 4) is 0 Å². The molecule has 2 amide bonds. The summed E-state index contributed by atoms with van der Waals surface area (Å²) in [6.45, 7) is 9.31. The molecule has 0 unspecified atom stereocenters. The predicted molar refractivity (Wildman–Crippen MR) is 112 cm³/mol. The van der Waals surface area contributed by atoms with E-state index < -0.39 is 0 Å². The smallest absolute Gasteiger partial charge is 0.226 e. The Hall–Kier alpha value is -2.63. The maximum atomic E-state index is 12.3. The Kier molecular flexibility index (Phi) is 7.38. The first-order chi connectivity index (χ1) is 13.2. The summed E-state index contributed by atoms with van der Waals surface area (Å²) in [6, 6.07) is 7.43. The minimum atomic E-state index is -0.0208. The van der Waals surface area contributed by atoms with Gasteiger partial charge in [0.15, 0.2) is 0 Å². The Morgan fingerprint density at radius 3 is 2.36 bits per heavy atom. The van der Waals surface area contributed by atoms with Crippen LogP contribution in [-0.4, -0.2) is 40.6 Å². The third-order valence-electron chi connectivity index (χ3n) is 4.76. The van der Waals surface area contributed by atoms with Crippen LogP contribution in [0.4, 0.5) is 5.69 Å². The van der Waals surface area contributed by atoms with Gasteiger partial charge in [-0.15, -0.1) is 0 Å². The number of nitrogens with one attached hydrogen (secondary N) is 1. The molecule has 1 heterocycles. The van der Waals surface area contributed by atoms with Gasteiger partial charge in [0, 0.05) is 38.4 Å². The molecule has 1 aromatic heterocycles. The summed E-state index contributed by atoms with van der Waals surface area (Å²) in [5.74, 6) is 0.568. The lowest BCUT2D eigenvalue weighted by Crippen LogP contribution is -2.23. The van der Waals surface area contributed by atoms with Crippen LogP contribution in [0.5, 0.6) is 0 Å². The van der Waals surface area contributed by atoms with Gasteiger partial charge < -0.3 is 10.2 Å². The monoisotopic (exact) mass is 384 g/mol. The summed E-state index contributed by atoms with van der Waals surface area (Å²) in [7, 11) is 3.49. The second-order valence-electron chi connectivity index (χ2n) is 7.94. The van der Waals surface area contributed by atoms with Crippen molar-refractivity contribution in [1.29, 1.82) is 0 Å². The van der Waals surface area contributed by atoms with E-state index in [1.807, 2.05) is 35.9 Å². The van der Waals surface area contributed by atoms with Crippen LogP contribution in [0.1, 0.15) is 42.8 Å². The van der Waals surface area contributed by atoms with Gasteiger partial charge in [-0.05, 0) is 49.4 Å². The van der Waals surface area contributed by atoms with Crippen LogP contribution in [0, 0.1) is 19.8 Å². The molecule has 0 aliphatic carbocycles. The molecule has 6 heteroatoms. The average Bonchev–Trinajstić information content (AvgIpc) is 2.87. The van der Waals surface area contributed by atoms with Crippen molar-refractivity contribution < 1.29 is 9.59 Å². The zero-order chi connectivity index (χ0) is 20.8. The molecule has 0 atom stereocenters. The second-order valence-corrected chi connectivity index (χ2v) is 7.94. The van der Waals surface area contributed by atoms with E-state index in [4.69, 9.17) is 0 Å². The maximum Gasteiger partial charge on any atom is 0.226 e. The van der Waals surface area contributed by atoms with E-state index in [1.54, 1.807) is 19.0 Å². The largest absolute Gasteiger partial charge is 0.349 e. The van der Waals surface area contributed by atoms with Gasteiger partial charge in [0.05, 0.1) is 12.1 Å². The third kappa shape index (κ3) is 5.94. The van der Waals surface area contributed by atoms with Crippen molar-refractivity contribution in [3.63, 3.8) is 0 Å². The van der Waals surface area contributed by atoms with E-state index in [1.165, 1.54) is 0 Å². The first kappa shape index (κ1) is 21.7. The van der Waals surface area contributed by atoms with Gasteiger partial charge in [-0.2, -0.15) is 5.10 Å². The molecule has 0 fully saturated rings. The van der Waals surface area contributed by atoms with Crippen molar-refractivity contribution >= 4 is 17.5 Å². The molecule has 152 valence electrons. The van der Waals surface area contributed by atoms with E-state index in [0.29, 0.717) is 25.2 Å². The summed E-state index contributed by atoms with van der Waals surface area (Å²) in [5, 5.41) is 7.54. The number of rotatable bonds is 8. The van der Waals surface area contributed by atoms with Crippen LogP contribution in [0.3, 0.4) is 0 Å². The molecule has 1 aromatic carbocycles. The zero-order valence-corrected chi connectivity index (χ0v) is 17.9. The van der Waals surface area contributed by atoms with Crippen LogP contribution in [0.25, 0.3) is 0 Å². The van der Waals surface area contributed by atoms with Gasteiger partial charge in [0.2, 0.25) is 11.8 Å². The van der Waals surface area contributed by atoms with Gasteiger partial charge in [-0.25, -0.2) is 0 Å². The first-order valence-electron chi connectivity index (χ1n) is 9.79. The van der Waals surface area contributed by atoms with Crippen molar-refractivity contribution in [1.82, 2.24) is 14.7 Å². The van der Waals surface area contributed by atoms with Gasteiger partial charge in [0.25, 0.3) is 0 Å². The summed E-state index contributed by atoms with van der Waals surface area (Å²) in [4.78, 5) is 25.7. The zero-order valence-electron chi connectivity index (χ0n) is 17.9. The van der Waals surface area contributed by atoms with Gasteiger partial charge in [-0.3, -0.25) is 14.3 Å². The number of likely N-dealkylation sites (N-methyl/N-ethyl adjacent to an activating group) is 1. The van der Waals surface area contributed by atoms with Gasteiger partial charge >= 0.3 is 0 Å². The maximum absolute atomic E-state index is 12.3. The molecule has 0 aliphatic heterocycles. The molecular weight excluding hydrogens is 352 g/mol. The molecule has 2 rings (SSSR count). The normalized spacial score (nSPS) is 11.0. The molecule has 2 aromatic rings. The van der Waals surface area contributed by atoms with Crippen molar-refractivity contribution in [2.24, 2.45) is 5.92 Å². The van der Waals surface area contributed by atoms with Crippen LogP contribution in [-0.2, 0) is 29.0 Å². The molecule has 0 spiro atoms. The molecule has 0 bridgehead atoms. The minimum absolute atomic E-state index is 0.0208. The number of aromatic nitrogens is 2. The van der Waals surface area contributed by atoms with E-state index in [0.717, 1.165) is 34.7 Å². The molecule has 28 heavy (non-hydrogen) atoms. The average molecular weight is 385 g/mol. The number of hydrogen-bond donors (Lipinski definition) is 1. The molecule has 0 radical (unpaired) electrons. The summed E-state index contributed by atoms with van der Waals surface area (Å²) < 4.78 is 2.04. The lowest BCUT2D eigenvalue weighted by molar-refractivity contribution is -0.128. The summed E-state index contributed by atoms with van der Waals surface area (Å²) in [5.41, 5.74) is 4.98. The van der Waals surface area contributed by atoms with Crippen molar-refractivity contribution in [2.75, 3.05) is 19.4 Å². The molecule has 6 nitrogen and oxygen atoms in total. The third-order valence-corrected chi connectivity index (χ3v) is 4.76. The Balaban J connectivity index is 1.91. The Morgan fingerprint density at radius 2 is 1.79 bits per heavy atom. The number of carbonyl (C=O) groups excluding carboxylic acids is 2. The topological polar surface area (TPSA) is 67.2 Å². The summed E-state index contributed by atoms with van der Waals surface area (Å²) >= 11 is 0. The minimum Gasteiger partial charge on any atom is -0.349 e. The van der Waals surface area contributed by atoms with Crippen LogP contribution >= 0.6 is 0 Å². The van der Waals surface area contributed by atoms with Crippen LogP contribution in [0.15, 0.2) is 24.3 Å². The van der Waals surface area contributed by atoms with Crippen molar-refractivity contribution in [3.05, 3.63) is 46.8 Å². The van der Waals surface area contributed by atoms with E-state index >= 15 is 0 Å². The molecule has 0 saturated carbocycles. The highest BCUT2D eigenvalue weighted by Gasteiger charge is 2.14. The number of aryl methyl sites for hydroxylation is 1. The Morgan fingerprint density at radius 1 is 1.14 bits per heavy atom. The van der Waals surface area contributed by atoms with Crippen molar-refractivity contribution in [2.45, 2.75) is 53.5 Å². The van der Waals surface area contributed by atoms with Crippen LogP contribution < -0.4 is 5.32 Å². The van der Waals surface area contributed by atoms with Gasteiger partial charge in [-0.1, -0.05) is 26.0 Å². The fourth-order valence-corrected chi connectivity index (χ4v) is 3.12. The van der Waals surface area contributed by atoms with E-state index in [2.05, 4.69) is 31.2 Å². The molecule has 0 saturated heterocycles. The van der Waals surface area contributed by atoms with E-state index in [-0.39, 0.29) is 11.8 Å². The highest BCUT2D eigenvalue weighted by molar-refractivity contribution is 5.91.